The van der Waals surface area contributed by atoms with Crippen molar-refractivity contribution in [3.8, 4) is 11.8 Å². The summed E-state index contributed by atoms with van der Waals surface area (Å²) < 4.78 is 1.90. The minimum absolute atomic E-state index is 0.0648. The summed E-state index contributed by atoms with van der Waals surface area (Å²) in [5, 5.41) is 13.6. The summed E-state index contributed by atoms with van der Waals surface area (Å²) in [4.78, 5) is 15.0. The fourth-order valence-electron chi connectivity index (χ4n) is 3.69. The van der Waals surface area contributed by atoms with Gasteiger partial charge in [-0.15, -0.1) is 0 Å². The van der Waals surface area contributed by atoms with Crippen LogP contribution in [-0.4, -0.2) is 27.1 Å². The average Bonchev–Trinajstić information content (AvgIpc) is 3.03. The molecule has 1 aromatic heterocycles. The van der Waals surface area contributed by atoms with Gasteiger partial charge in [0, 0.05) is 17.8 Å². The molecule has 0 saturated heterocycles. The molecule has 3 rings (SSSR count). The second kappa shape index (κ2) is 8.74. The van der Waals surface area contributed by atoms with Crippen LogP contribution in [0.2, 0.25) is 0 Å². The van der Waals surface area contributed by atoms with Gasteiger partial charge in [-0.2, -0.15) is 10.4 Å². The Labute approximate surface area is 172 Å². The third-order valence-electron chi connectivity index (χ3n) is 5.42. The number of nitriles is 1. The van der Waals surface area contributed by atoms with Crippen LogP contribution in [0.3, 0.4) is 0 Å². The van der Waals surface area contributed by atoms with Gasteiger partial charge in [0.15, 0.2) is 0 Å². The Morgan fingerprint density at radius 2 is 1.79 bits per heavy atom. The summed E-state index contributed by atoms with van der Waals surface area (Å²) >= 11 is 0. The predicted molar refractivity (Wildman–Crippen MR) is 114 cm³/mol. The number of nitrogens with zero attached hydrogens (tertiary/aromatic N) is 4. The van der Waals surface area contributed by atoms with E-state index < -0.39 is 0 Å². The first-order chi connectivity index (χ1) is 14.0. The summed E-state index contributed by atoms with van der Waals surface area (Å²) in [6.45, 7) is 8.59. The fourth-order valence-corrected chi connectivity index (χ4v) is 3.69. The largest absolute Gasteiger partial charge is 0.336 e. The number of amides is 1. The zero-order valence-corrected chi connectivity index (χ0v) is 17.4. The molecule has 0 aliphatic heterocycles. The van der Waals surface area contributed by atoms with Gasteiger partial charge in [-0.25, -0.2) is 4.68 Å². The molecular formula is C24H26N4O. The van der Waals surface area contributed by atoms with Gasteiger partial charge in [-0.3, -0.25) is 4.79 Å². The van der Waals surface area contributed by atoms with E-state index in [4.69, 9.17) is 5.26 Å². The van der Waals surface area contributed by atoms with Crippen LogP contribution in [0, 0.1) is 25.2 Å². The number of para-hydroxylation sites is 1. The first-order valence-electron chi connectivity index (χ1n) is 9.86. The molecule has 5 heteroatoms. The van der Waals surface area contributed by atoms with Crippen LogP contribution in [0.4, 0.5) is 0 Å². The van der Waals surface area contributed by atoms with E-state index in [-0.39, 0.29) is 11.9 Å². The number of carbonyl (C=O) groups excluding carboxylic acids is 1. The zero-order chi connectivity index (χ0) is 21.0. The monoisotopic (exact) mass is 386 g/mol. The Bertz CT molecular complexity index is 1030. The maximum atomic E-state index is 13.2. The Morgan fingerprint density at radius 1 is 1.14 bits per heavy atom. The topological polar surface area (TPSA) is 61.9 Å². The summed E-state index contributed by atoms with van der Waals surface area (Å²) in [5.41, 5.74) is 5.47. The van der Waals surface area contributed by atoms with E-state index in [0.29, 0.717) is 18.5 Å². The highest BCUT2D eigenvalue weighted by atomic mass is 16.2. The zero-order valence-electron chi connectivity index (χ0n) is 17.4. The number of carbonyl (C=O) groups is 1. The van der Waals surface area contributed by atoms with E-state index in [1.165, 1.54) is 0 Å². The maximum absolute atomic E-state index is 13.2. The molecule has 3 aromatic rings. The second-order valence-corrected chi connectivity index (χ2v) is 7.16. The van der Waals surface area contributed by atoms with Gasteiger partial charge in [0.2, 0.25) is 5.91 Å². The van der Waals surface area contributed by atoms with Crippen molar-refractivity contribution in [2.45, 2.75) is 40.2 Å². The molecule has 0 bridgehead atoms. The van der Waals surface area contributed by atoms with Gasteiger partial charge >= 0.3 is 0 Å². The lowest BCUT2D eigenvalue weighted by Crippen LogP contribution is -2.34. The van der Waals surface area contributed by atoms with Gasteiger partial charge in [-0.05, 0) is 57.5 Å². The molecule has 1 atom stereocenters. The number of rotatable bonds is 6. The number of likely N-dealkylation sites (N-methyl/N-ethyl adjacent to an activating group) is 1. The van der Waals surface area contributed by atoms with Gasteiger partial charge in [0.1, 0.15) is 0 Å². The highest BCUT2D eigenvalue weighted by Crippen LogP contribution is 2.24. The molecule has 1 amide bonds. The Morgan fingerprint density at radius 3 is 2.38 bits per heavy atom. The highest BCUT2D eigenvalue weighted by molar-refractivity contribution is 5.80. The molecule has 5 nitrogen and oxygen atoms in total. The van der Waals surface area contributed by atoms with Crippen LogP contribution < -0.4 is 0 Å². The summed E-state index contributed by atoms with van der Waals surface area (Å²) in [7, 11) is 0. The van der Waals surface area contributed by atoms with Crippen molar-refractivity contribution in [3.05, 3.63) is 82.7 Å². The number of aryl methyl sites for hydroxylation is 1. The highest BCUT2D eigenvalue weighted by Gasteiger charge is 2.23. The lowest BCUT2D eigenvalue weighted by molar-refractivity contribution is -0.132. The molecule has 1 heterocycles. The second-order valence-electron chi connectivity index (χ2n) is 7.16. The molecule has 148 valence electrons. The van der Waals surface area contributed by atoms with Crippen molar-refractivity contribution in [3.63, 3.8) is 0 Å². The molecule has 29 heavy (non-hydrogen) atoms. The van der Waals surface area contributed by atoms with Crippen molar-refractivity contribution < 1.29 is 4.79 Å². The number of hydrogen-bond acceptors (Lipinski definition) is 3. The minimum Gasteiger partial charge on any atom is -0.336 e. The maximum Gasteiger partial charge on any atom is 0.227 e. The Kier molecular flexibility index (Phi) is 6.13. The van der Waals surface area contributed by atoms with E-state index in [0.717, 1.165) is 28.2 Å². The fraction of sp³-hybridized carbons (Fsp3) is 0.292. The molecule has 0 spiro atoms. The van der Waals surface area contributed by atoms with Crippen LogP contribution >= 0.6 is 0 Å². The average molecular weight is 386 g/mol. The first kappa shape index (κ1) is 20.3. The van der Waals surface area contributed by atoms with Crippen molar-refractivity contribution in [1.29, 1.82) is 5.26 Å². The molecular weight excluding hydrogens is 360 g/mol. The van der Waals surface area contributed by atoms with Gasteiger partial charge in [0.05, 0.1) is 35.5 Å². The summed E-state index contributed by atoms with van der Waals surface area (Å²) in [5.74, 6) is 0.0724. The molecule has 0 N–H and O–H groups in total. The third kappa shape index (κ3) is 4.22. The number of benzene rings is 2. The summed E-state index contributed by atoms with van der Waals surface area (Å²) in [6, 6.07) is 19.5. The van der Waals surface area contributed by atoms with Crippen LogP contribution in [0.1, 0.15) is 48.0 Å². The van der Waals surface area contributed by atoms with Crippen LogP contribution in [0.5, 0.6) is 0 Å². The molecule has 1 unspecified atom stereocenters. The van der Waals surface area contributed by atoms with Crippen molar-refractivity contribution in [1.82, 2.24) is 14.7 Å². The Balaban J connectivity index is 1.82. The summed E-state index contributed by atoms with van der Waals surface area (Å²) in [6.07, 6.45) is 0.318. The van der Waals surface area contributed by atoms with Crippen molar-refractivity contribution in [2.24, 2.45) is 0 Å². The molecule has 0 radical (unpaired) electrons. The Hall–Kier alpha value is -3.39. The lowest BCUT2D eigenvalue weighted by atomic mass is 10.0. The lowest BCUT2D eigenvalue weighted by Gasteiger charge is -2.28. The molecule has 0 aliphatic rings. The first-order valence-corrected chi connectivity index (χ1v) is 9.86. The quantitative estimate of drug-likeness (QED) is 0.626. The molecule has 0 aliphatic carbocycles. The number of hydrogen-bond donors (Lipinski definition) is 0. The van der Waals surface area contributed by atoms with Gasteiger partial charge in [0.25, 0.3) is 0 Å². The predicted octanol–water partition coefficient (Wildman–Crippen LogP) is 4.51. The van der Waals surface area contributed by atoms with E-state index in [1.807, 2.05) is 79.7 Å². The van der Waals surface area contributed by atoms with Gasteiger partial charge < -0.3 is 4.90 Å². The van der Waals surface area contributed by atoms with E-state index in [1.54, 1.807) is 12.1 Å². The SMILES string of the molecule is CCN(C(=O)Cc1c(C)nn(-c2ccccc2)c1C)C(C)c1ccc(C#N)cc1. The van der Waals surface area contributed by atoms with Crippen LogP contribution in [-0.2, 0) is 11.2 Å². The van der Waals surface area contributed by atoms with Gasteiger partial charge in [-0.1, -0.05) is 30.3 Å². The van der Waals surface area contributed by atoms with E-state index in [2.05, 4.69) is 11.2 Å². The van der Waals surface area contributed by atoms with E-state index >= 15 is 0 Å². The molecule has 0 fully saturated rings. The van der Waals surface area contributed by atoms with E-state index in [9.17, 15) is 4.79 Å². The number of aromatic nitrogens is 2. The standard InChI is InChI=1S/C24H26N4O/c1-5-27(18(3)21-13-11-20(16-25)12-14-21)24(29)15-23-17(2)26-28(19(23)4)22-9-7-6-8-10-22/h6-14,18H,5,15H2,1-4H3. The molecule has 2 aromatic carbocycles. The van der Waals surface area contributed by atoms with Crippen molar-refractivity contribution in [2.75, 3.05) is 6.54 Å². The third-order valence-corrected chi connectivity index (χ3v) is 5.42. The van der Waals surface area contributed by atoms with Crippen molar-refractivity contribution >= 4 is 5.91 Å². The molecule has 0 saturated carbocycles. The minimum atomic E-state index is -0.0648. The normalized spacial score (nSPS) is 11.7. The van der Waals surface area contributed by atoms with Crippen LogP contribution in [0.15, 0.2) is 54.6 Å². The smallest absolute Gasteiger partial charge is 0.227 e. The van der Waals surface area contributed by atoms with Crippen LogP contribution in [0.25, 0.3) is 5.69 Å².